The van der Waals surface area contributed by atoms with E-state index in [0.717, 1.165) is 18.5 Å². The Balaban J connectivity index is 1.55. The molecule has 3 heterocycles. The molecule has 3 saturated heterocycles. The molecule has 22 heavy (non-hydrogen) atoms. The topological polar surface area (TPSA) is 50.6 Å². The first-order valence-electron chi connectivity index (χ1n) is 8.06. The number of piperidine rings is 3. The highest BCUT2D eigenvalue weighted by Gasteiger charge is 2.42. The molecular weight excluding hydrogens is 296 g/mol. The van der Waals surface area contributed by atoms with Gasteiger partial charge >= 0.3 is 0 Å². The first-order valence-corrected chi connectivity index (χ1v) is 9.71. The highest BCUT2D eigenvalue weighted by atomic mass is 32.2. The van der Waals surface area contributed by atoms with Crippen LogP contribution in [0.25, 0.3) is 0 Å². The van der Waals surface area contributed by atoms with Crippen molar-refractivity contribution in [1.82, 2.24) is 4.72 Å². The van der Waals surface area contributed by atoms with Crippen molar-refractivity contribution in [3.05, 3.63) is 48.6 Å². The third kappa shape index (κ3) is 3.59. The summed E-state index contributed by atoms with van der Waals surface area (Å²) in [4.78, 5) is 1.54. The normalized spacial score (nSPS) is 31.1. The molecule has 0 amide bonds. The van der Waals surface area contributed by atoms with E-state index in [1.807, 2.05) is 30.3 Å². The van der Waals surface area contributed by atoms with Crippen molar-refractivity contribution >= 4 is 10.0 Å². The van der Waals surface area contributed by atoms with E-state index in [9.17, 15) is 8.42 Å². The standard InChI is InChI=1S/C17H24N2O2S/c1-2-15-12-19-9-8-16(15)10-17(19)11-18-22(20,21)13-14-6-4-3-5-7-14/h2-7,15-18H,1,8-13H2/p+1/t15-,16-,17+/m0/s1. The van der Waals surface area contributed by atoms with Gasteiger partial charge in [-0.1, -0.05) is 36.4 Å². The molecule has 0 radical (unpaired) electrons. The summed E-state index contributed by atoms with van der Waals surface area (Å²) in [6.07, 6.45) is 4.44. The third-order valence-electron chi connectivity index (χ3n) is 5.16. The molecule has 4 atom stereocenters. The molecule has 1 unspecified atom stereocenters. The number of fused-ring (bicyclic) bond motifs is 3. The summed E-state index contributed by atoms with van der Waals surface area (Å²) in [6.45, 7) is 6.77. The quantitative estimate of drug-likeness (QED) is 0.753. The van der Waals surface area contributed by atoms with Crippen molar-refractivity contribution in [3.8, 4) is 0 Å². The molecule has 120 valence electrons. The summed E-state index contributed by atoms with van der Waals surface area (Å²) in [5, 5.41) is 0. The first-order chi connectivity index (χ1) is 10.6. The van der Waals surface area contributed by atoms with Gasteiger partial charge in [0.1, 0.15) is 6.04 Å². The molecule has 3 aliphatic rings. The van der Waals surface area contributed by atoms with Gasteiger partial charge < -0.3 is 4.90 Å². The zero-order valence-electron chi connectivity index (χ0n) is 12.9. The maximum absolute atomic E-state index is 12.2. The Hall–Kier alpha value is -1.17. The van der Waals surface area contributed by atoms with E-state index in [1.54, 1.807) is 0 Å². The van der Waals surface area contributed by atoms with E-state index in [1.165, 1.54) is 17.9 Å². The maximum Gasteiger partial charge on any atom is 0.215 e. The van der Waals surface area contributed by atoms with Gasteiger partial charge in [0.25, 0.3) is 0 Å². The molecule has 0 aromatic heterocycles. The van der Waals surface area contributed by atoms with E-state index in [4.69, 9.17) is 0 Å². The van der Waals surface area contributed by atoms with E-state index in [2.05, 4.69) is 17.4 Å². The summed E-state index contributed by atoms with van der Waals surface area (Å²) < 4.78 is 27.3. The number of hydrogen-bond donors (Lipinski definition) is 2. The number of sulfonamides is 1. The largest absolute Gasteiger partial charge is 0.331 e. The molecule has 0 spiro atoms. The van der Waals surface area contributed by atoms with Crippen molar-refractivity contribution in [3.63, 3.8) is 0 Å². The average Bonchev–Trinajstić information content (AvgIpc) is 2.54. The van der Waals surface area contributed by atoms with Crippen LogP contribution in [0.15, 0.2) is 43.0 Å². The van der Waals surface area contributed by atoms with Gasteiger partial charge in [-0.15, -0.1) is 6.58 Å². The fourth-order valence-corrected chi connectivity index (χ4v) is 5.12. The van der Waals surface area contributed by atoms with Crippen LogP contribution >= 0.6 is 0 Å². The highest BCUT2D eigenvalue weighted by Crippen LogP contribution is 2.27. The second kappa shape index (κ2) is 6.52. The summed E-state index contributed by atoms with van der Waals surface area (Å²) in [5.41, 5.74) is 0.833. The molecule has 3 aliphatic heterocycles. The number of rotatable bonds is 6. The lowest BCUT2D eigenvalue weighted by Gasteiger charge is -2.46. The molecule has 4 rings (SSSR count). The average molecular weight is 321 g/mol. The summed E-state index contributed by atoms with van der Waals surface area (Å²) >= 11 is 0. The molecule has 1 aromatic carbocycles. The maximum atomic E-state index is 12.2. The lowest BCUT2D eigenvalue weighted by atomic mass is 9.76. The third-order valence-corrected chi connectivity index (χ3v) is 6.48. The van der Waals surface area contributed by atoms with Crippen LogP contribution in [-0.2, 0) is 15.8 Å². The lowest BCUT2D eigenvalue weighted by molar-refractivity contribution is -0.944. The van der Waals surface area contributed by atoms with Crippen molar-refractivity contribution in [2.45, 2.75) is 24.6 Å². The molecule has 0 aliphatic carbocycles. The molecule has 2 bridgehead atoms. The Labute approximate surface area is 133 Å². The molecule has 3 fully saturated rings. The Kier molecular flexibility index (Phi) is 4.66. The predicted octanol–water partition coefficient (Wildman–Crippen LogP) is 0.585. The highest BCUT2D eigenvalue weighted by molar-refractivity contribution is 7.88. The second-order valence-electron chi connectivity index (χ2n) is 6.59. The van der Waals surface area contributed by atoms with E-state index in [0.29, 0.717) is 24.4 Å². The van der Waals surface area contributed by atoms with Crippen molar-refractivity contribution < 1.29 is 13.3 Å². The predicted molar refractivity (Wildman–Crippen MR) is 88.0 cm³/mol. The molecular formula is C17H25N2O2S+. The fraction of sp³-hybridized carbons (Fsp3) is 0.529. The lowest BCUT2D eigenvalue weighted by Crippen LogP contribution is -3.20. The summed E-state index contributed by atoms with van der Waals surface area (Å²) in [5.74, 6) is 1.37. The number of hydrogen-bond acceptors (Lipinski definition) is 2. The van der Waals surface area contributed by atoms with Crippen molar-refractivity contribution in [1.29, 1.82) is 0 Å². The zero-order valence-corrected chi connectivity index (χ0v) is 13.7. The molecule has 2 N–H and O–H groups in total. The number of nitrogens with one attached hydrogen (secondary N) is 2. The van der Waals surface area contributed by atoms with Crippen LogP contribution < -0.4 is 9.62 Å². The zero-order chi connectivity index (χ0) is 15.6. The van der Waals surface area contributed by atoms with Gasteiger partial charge in [-0.25, -0.2) is 13.1 Å². The van der Waals surface area contributed by atoms with Crippen LogP contribution in [0.5, 0.6) is 0 Å². The SMILES string of the molecule is C=C[C@H]1C[NH+]2CC[C@H]1C[C@@H]2CNS(=O)(=O)Cc1ccccc1. The van der Waals surface area contributed by atoms with Gasteiger partial charge in [-0.3, -0.25) is 0 Å². The van der Waals surface area contributed by atoms with Crippen molar-refractivity contribution in [2.24, 2.45) is 11.8 Å². The van der Waals surface area contributed by atoms with Crippen LogP contribution in [0.3, 0.4) is 0 Å². The van der Waals surface area contributed by atoms with E-state index < -0.39 is 10.0 Å². The van der Waals surface area contributed by atoms with Gasteiger partial charge in [0, 0.05) is 18.8 Å². The van der Waals surface area contributed by atoms with Crippen LogP contribution in [0.4, 0.5) is 0 Å². The molecule has 0 saturated carbocycles. The van der Waals surface area contributed by atoms with Gasteiger partial charge in [0.2, 0.25) is 10.0 Å². The minimum Gasteiger partial charge on any atom is -0.331 e. The second-order valence-corrected chi connectivity index (χ2v) is 8.39. The smallest absolute Gasteiger partial charge is 0.215 e. The number of benzene rings is 1. The van der Waals surface area contributed by atoms with Gasteiger partial charge in [0.05, 0.1) is 25.4 Å². The van der Waals surface area contributed by atoms with E-state index >= 15 is 0 Å². The van der Waals surface area contributed by atoms with Crippen LogP contribution in [0.2, 0.25) is 0 Å². The number of quaternary nitrogens is 1. The monoisotopic (exact) mass is 321 g/mol. The van der Waals surface area contributed by atoms with Crippen molar-refractivity contribution in [2.75, 3.05) is 19.6 Å². The Bertz CT molecular complexity index is 615. The summed E-state index contributed by atoms with van der Waals surface area (Å²) in [7, 11) is -3.25. The molecule has 1 aromatic rings. The molecule has 4 nitrogen and oxygen atoms in total. The fourth-order valence-electron chi connectivity index (χ4n) is 3.93. The van der Waals surface area contributed by atoms with Gasteiger partial charge in [-0.05, 0) is 11.5 Å². The van der Waals surface area contributed by atoms with Crippen LogP contribution in [-0.4, -0.2) is 34.1 Å². The Morgan fingerprint density at radius 3 is 2.73 bits per heavy atom. The first kappa shape index (κ1) is 15.7. The molecule has 5 heteroatoms. The van der Waals surface area contributed by atoms with Gasteiger partial charge in [-0.2, -0.15) is 0 Å². The Morgan fingerprint density at radius 2 is 2.09 bits per heavy atom. The van der Waals surface area contributed by atoms with Crippen LogP contribution in [0, 0.1) is 11.8 Å². The minimum absolute atomic E-state index is 0.0641. The van der Waals surface area contributed by atoms with Gasteiger partial charge in [0.15, 0.2) is 0 Å². The summed E-state index contributed by atoms with van der Waals surface area (Å²) in [6, 6.07) is 9.76. The Morgan fingerprint density at radius 1 is 1.32 bits per heavy atom. The van der Waals surface area contributed by atoms with E-state index in [-0.39, 0.29) is 5.75 Å². The minimum atomic E-state index is -3.25. The van der Waals surface area contributed by atoms with Crippen LogP contribution in [0.1, 0.15) is 18.4 Å².